The van der Waals surface area contributed by atoms with Gasteiger partial charge in [-0.1, -0.05) is 12.1 Å². The monoisotopic (exact) mass is 423 g/mol. The number of nitrogens with one attached hydrogen (secondary N) is 2. The highest BCUT2D eigenvalue weighted by Gasteiger charge is 2.25. The van der Waals surface area contributed by atoms with Crippen LogP contribution in [-0.4, -0.2) is 33.7 Å². The maximum atomic E-state index is 13.3. The average Bonchev–Trinajstić information content (AvgIpc) is 3.17. The Morgan fingerprint density at radius 2 is 1.84 bits per heavy atom. The lowest BCUT2D eigenvalue weighted by Crippen LogP contribution is -2.30. The lowest BCUT2D eigenvalue weighted by molar-refractivity contribution is -0.384. The Bertz CT molecular complexity index is 1110. The van der Waals surface area contributed by atoms with Crippen LogP contribution in [0.2, 0.25) is 0 Å². The smallest absolute Gasteiger partial charge is 0.292 e. The Balaban J connectivity index is 1.45. The van der Waals surface area contributed by atoms with E-state index in [0.717, 1.165) is 42.6 Å². The predicted molar refractivity (Wildman–Crippen MR) is 114 cm³/mol. The summed E-state index contributed by atoms with van der Waals surface area (Å²) >= 11 is 0. The minimum Gasteiger partial charge on any atom is -0.378 e. The lowest BCUT2D eigenvalue weighted by atomic mass is 9.95. The Hall–Kier alpha value is -3.75. The van der Waals surface area contributed by atoms with E-state index in [0.29, 0.717) is 17.9 Å². The number of carbonyl (C=O) groups excluding carboxylic acids is 1. The van der Waals surface area contributed by atoms with Crippen LogP contribution in [-0.2, 0) is 12.8 Å². The number of hydrogen-bond donors (Lipinski definition) is 2. The van der Waals surface area contributed by atoms with Crippen molar-refractivity contribution in [1.29, 1.82) is 0 Å². The van der Waals surface area contributed by atoms with Crippen molar-refractivity contribution in [2.24, 2.45) is 0 Å². The van der Waals surface area contributed by atoms with Gasteiger partial charge in [-0.25, -0.2) is 9.07 Å². The summed E-state index contributed by atoms with van der Waals surface area (Å²) in [7, 11) is 0. The molecule has 0 spiro atoms. The predicted octanol–water partition coefficient (Wildman–Crippen LogP) is 3.64. The quantitative estimate of drug-likeness (QED) is 0.343. The highest BCUT2D eigenvalue weighted by Crippen LogP contribution is 2.27. The fraction of sp³-hybridized carbons (Fsp3) is 0.273. The minimum absolute atomic E-state index is 0.0130. The van der Waals surface area contributed by atoms with Crippen molar-refractivity contribution in [2.75, 3.05) is 18.4 Å². The molecule has 1 amide bonds. The molecule has 3 aromatic rings. The van der Waals surface area contributed by atoms with E-state index in [1.54, 1.807) is 35.0 Å². The number of nitro groups is 1. The largest absolute Gasteiger partial charge is 0.378 e. The van der Waals surface area contributed by atoms with Crippen molar-refractivity contribution in [3.8, 4) is 5.69 Å². The third kappa shape index (κ3) is 4.40. The van der Waals surface area contributed by atoms with E-state index in [4.69, 9.17) is 0 Å². The number of anilines is 1. The van der Waals surface area contributed by atoms with Gasteiger partial charge in [0, 0.05) is 30.4 Å². The number of aromatic nitrogens is 2. The van der Waals surface area contributed by atoms with Gasteiger partial charge in [0.15, 0.2) is 5.69 Å². The number of amides is 1. The van der Waals surface area contributed by atoms with E-state index in [2.05, 4.69) is 15.7 Å². The molecule has 160 valence electrons. The molecule has 0 bridgehead atoms. The summed E-state index contributed by atoms with van der Waals surface area (Å²) in [6.45, 7) is 0.612. The molecule has 0 saturated carbocycles. The van der Waals surface area contributed by atoms with Gasteiger partial charge in [0.2, 0.25) is 0 Å². The highest BCUT2D eigenvalue weighted by atomic mass is 19.1. The molecule has 0 fully saturated rings. The number of hydrogen-bond acceptors (Lipinski definition) is 5. The van der Waals surface area contributed by atoms with E-state index in [1.807, 2.05) is 0 Å². The van der Waals surface area contributed by atoms with Gasteiger partial charge in [0.25, 0.3) is 11.6 Å². The molecule has 0 saturated heterocycles. The number of nitro benzene ring substituents is 1. The van der Waals surface area contributed by atoms with Crippen molar-refractivity contribution in [3.63, 3.8) is 0 Å². The maximum absolute atomic E-state index is 13.3. The van der Waals surface area contributed by atoms with Crippen LogP contribution in [0.15, 0.2) is 48.5 Å². The molecule has 4 rings (SSSR count). The fourth-order valence-electron chi connectivity index (χ4n) is 3.82. The Morgan fingerprint density at radius 3 is 2.61 bits per heavy atom. The molecule has 8 nitrogen and oxygen atoms in total. The van der Waals surface area contributed by atoms with Gasteiger partial charge in [-0.05, 0) is 56.0 Å². The van der Waals surface area contributed by atoms with Gasteiger partial charge < -0.3 is 10.6 Å². The number of carbonyl (C=O) groups is 1. The zero-order valence-electron chi connectivity index (χ0n) is 16.8. The third-order valence-corrected chi connectivity index (χ3v) is 5.29. The van der Waals surface area contributed by atoms with Crippen LogP contribution in [0.1, 0.15) is 34.6 Å². The normalized spacial score (nSPS) is 12.8. The van der Waals surface area contributed by atoms with Gasteiger partial charge >= 0.3 is 0 Å². The summed E-state index contributed by atoms with van der Waals surface area (Å²) in [6, 6.07) is 12.4. The summed E-state index contributed by atoms with van der Waals surface area (Å²) in [5.41, 5.74) is 3.41. The first-order valence-corrected chi connectivity index (χ1v) is 10.2. The standard InChI is InChI=1S/C22H22FN5O3/c23-15-9-11-16(12-10-15)27-19-7-3-1-5-17(19)21(26-27)22(29)25-14-13-24-18-6-2-4-8-20(18)28(30)31/h2,4,6,8-12,24H,1,3,5,7,13-14H2,(H,25,29). The molecule has 9 heteroatoms. The van der Waals surface area contributed by atoms with Gasteiger partial charge in [-0.2, -0.15) is 5.10 Å². The molecule has 0 atom stereocenters. The number of halogens is 1. The van der Waals surface area contributed by atoms with Gasteiger partial charge in [-0.3, -0.25) is 14.9 Å². The first kappa shape index (κ1) is 20.5. The molecule has 1 heterocycles. The summed E-state index contributed by atoms with van der Waals surface area (Å²) in [6.07, 6.45) is 3.59. The number of benzene rings is 2. The first-order valence-electron chi connectivity index (χ1n) is 10.2. The van der Waals surface area contributed by atoms with E-state index >= 15 is 0 Å². The molecule has 2 N–H and O–H groups in total. The fourth-order valence-corrected chi connectivity index (χ4v) is 3.82. The van der Waals surface area contributed by atoms with Crippen LogP contribution in [0.4, 0.5) is 15.8 Å². The highest BCUT2D eigenvalue weighted by molar-refractivity contribution is 5.94. The van der Waals surface area contributed by atoms with Crippen molar-refractivity contribution in [2.45, 2.75) is 25.7 Å². The number of nitrogens with zero attached hydrogens (tertiary/aromatic N) is 3. The molecule has 1 aliphatic rings. The summed E-state index contributed by atoms with van der Waals surface area (Å²) < 4.78 is 15.0. The van der Waals surface area contributed by atoms with Crippen molar-refractivity contribution in [1.82, 2.24) is 15.1 Å². The zero-order chi connectivity index (χ0) is 21.8. The van der Waals surface area contributed by atoms with Crippen LogP contribution < -0.4 is 10.6 Å². The van der Waals surface area contributed by atoms with Crippen molar-refractivity contribution < 1.29 is 14.1 Å². The van der Waals surface area contributed by atoms with Crippen LogP contribution in [0.25, 0.3) is 5.69 Å². The number of rotatable bonds is 7. The maximum Gasteiger partial charge on any atom is 0.292 e. The summed E-state index contributed by atoms with van der Waals surface area (Å²) in [5, 5.41) is 21.4. The summed E-state index contributed by atoms with van der Waals surface area (Å²) in [5.74, 6) is -0.614. The Morgan fingerprint density at radius 1 is 1.10 bits per heavy atom. The van der Waals surface area contributed by atoms with Crippen LogP contribution in [0.3, 0.4) is 0 Å². The van der Waals surface area contributed by atoms with Gasteiger partial charge in [0.05, 0.1) is 10.6 Å². The molecular weight excluding hydrogens is 401 g/mol. The third-order valence-electron chi connectivity index (χ3n) is 5.29. The number of para-hydroxylation sites is 2. The van der Waals surface area contributed by atoms with Crippen LogP contribution >= 0.6 is 0 Å². The zero-order valence-corrected chi connectivity index (χ0v) is 16.8. The average molecular weight is 423 g/mol. The van der Waals surface area contributed by atoms with Crippen LogP contribution in [0.5, 0.6) is 0 Å². The molecule has 0 aliphatic heterocycles. The molecule has 1 aliphatic carbocycles. The van der Waals surface area contributed by atoms with Gasteiger partial charge in [0.1, 0.15) is 11.5 Å². The molecule has 31 heavy (non-hydrogen) atoms. The minimum atomic E-state index is -0.449. The Labute approximate surface area is 178 Å². The van der Waals surface area contributed by atoms with E-state index in [-0.39, 0.29) is 24.0 Å². The van der Waals surface area contributed by atoms with E-state index < -0.39 is 4.92 Å². The van der Waals surface area contributed by atoms with E-state index in [9.17, 15) is 19.3 Å². The van der Waals surface area contributed by atoms with Crippen molar-refractivity contribution >= 4 is 17.3 Å². The molecule has 2 aromatic carbocycles. The molecule has 0 unspecified atom stereocenters. The molecule has 0 radical (unpaired) electrons. The SMILES string of the molecule is O=C(NCCNc1ccccc1[N+](=O)[O-])c1nn(-c2ccc(F)cc2)c2c1CCCC2. The van der Waals surface area contributed by atoms with E-state index in [1.165, 1.54) is 18.2 Å². The lowest BCUT2D eigenvalue weighted by Gasteiger charge is -2.14. The molecular formula is C22H22FN5O3. The second kappa shape index (κ2) is 8.95. The number of fused-ring (bicyclic) bond motifs is 1. The first-order chi connectivity index (χ1) is 15.0. The van der Waals surface area contributed by atoms with Crippen molar-refractivity contribution in [3.05, 3.63) is 81.4 Å². The second-order valence-electron chi connectivity index (χ2n) is 7.33. The Kier molecular flexibility index (Phi) is 5.92. The van der Waals surface area contributed by atoms with Gasteiger partial charge in [-0.15, -0.1) is 0 Å². The summed E-state index contributed by atoms with van der Waals surface area (Å²) in [4.78, 5) is 23.5. The second-order valence-corrected chi connectivity index (χ2v) is 7.33. The topological polar surface area (TPSA) is 102 Å². The molecule has 1 aromatic heterocycles. The van der Waals surface area contributed by atoms with Crippen LogP contribution in [0, 0.1) is 15.9 Å².